The Bertz CT molecular complexity index is 1610. The molecule has 5 aromatic rings. The van der Waals surface area contributed by atoms with E-state index in [9.17, 15) is 22.8 Å². The molecule has 1 N–H and O–H groups in total. The van der Waals surface area contributed by atoms with Crippen molar-refractivity contribution in [1.29, 1.82) is 0 Å². The van der Waals surface area contributed by atoms with E-state index in [4.69, 9.17) is 0 Å². The van der Waals surface area contributed by atoms with Crippen molar-refractivity contribution in [3.63, 3.8) is 0 Å². The predicted molar refractivity (Wildman–Crippen MR) is 115 cm³/mol. The van der Waals surface area contributed by atoms with Crippen LogP contribution in [-0.2, 0) is 13.2 Å². The van der Waals surface area contributed by atoms with Crippen LogP contribution in [0, 0.1) is 0 Å². The van der Waals surface area contributed by atoms with E-state index in [1.165, 1.54) is 33.5 Å². The molecule has 3 aromatic heterocycles. The van der Waals surface area contributed by atoms with Gasteiger partial charge in [-0.1, -0.05) is 12.1 Å². The number of halogens is 3. The molecule has 0 saturated carbocycles. The summed E-state index contributed by atoms with van der Waals surface area (Å²) in [6.07, 6.45) is -1.43. The first-order valence-electron chi connectivity index (χ1n) is 9.61. The normalized spacial score (nSPS) is 12.0. The number of nitrogens with one attached hydrogen (secondary N) is 1. The predicted octanol–water partition coefficient (Wildman–Crippen LogP) is 4.25. The van der Waals surface area contributed by atoms with Gasteiger partial charge < -0.3 is 4.98 Å². The number of alkyl halides is 3. The highest BCUT2D eigenvalue weighted by atomic mass is 19.4. The van der Waals surface area contributed by atoms with Gasteiger partial charge in [0.15, 0.2) is 0 Å². The first-order chi connectivity index (χ1) is 15.2. The number of hydrogen-bond donors (Lipinski definition) is 1. The van der Waals surface area contributed by atoms with E-state index in [1.54, 1.807) is 25.4 Å². The molecular weight excluding hydrogens is 421 g/mol. The summed E-state index contributed by atoms with van der Waals surface area (Å²) in [5.41, 5.74) is 1.57. The van der Waals surface area contributed by atoms with Gasteiger partial charge in [0.2, 0.25) is 5.56 Å². The molecule has 0 bridgehead atoms. The molecule has 0 saturated heterocycles. The molecule has 5 rings (SSSR count). The van der Waals surface area contributed by atoms with Crippen LogP contribution in [0.25, 0.3) is 38.8 Å². The van der Waals surface area contributed by atoms with Crippen molar-refractivity contribution in [2.75, 3.05) is 0 Å². The zero-order chi connectivity index (χ0) is 22.6. The van der Waals surface area contributed by atoms with E-state index in [-0.39, 0.29) is 11.2 Å². The zero-order valence-electron chi connectivity index (χ0n) is 16.6. The summed E-state index contributed by atoms with van der Waals surface area (Å²) in [7, 11) is 1.55. The average Bonchev–Trinajstić information content (AvgIpc) is 3.04. The minimum absolute atomic E-state index is 0.109. The quantitative estimate of drug-likeness (QED) is 0.450. The molecule has 0 atom stereocenters. The summed E-state index contributed by atoms with van der Waals surface area (Å²) in [6.45, 7) is 0. The van der Waals surface area contributed by atoms with Crippen molar-refractivity contribution in [2.45, 2.75) is 6.18 Å². The lowest BCUT2D eigenvalue weighted by Crippen LogP contribution is -2.21. The summed E-state index contributed by atoms with van der Waals surface area (Å²) in [5, 5.41) is 0.598. The molecule has 0 fully saturated rings. The molecule has 3 heterocycles. The molecule has 0 aliphatic rings. The first kappa shape index (κ1) is 19.8. The summed E-state index contributed by atoms with van der Waals surface area (Å²) in [5.74, 6) is 0. The highest BCUT2D eigenvalue weighted by Gasteiger charge is 2.31. The van der Waals surface area contributed by atoms with Crippen LogP contribution >= 0.6 is 0 Å². The topological polar surface area (TPSA) is 72.7 Å². The van der Waals surface area contributed by atoms with Crippen LogP contribution in [0.5, 0.6) is 0 Å². The maximum Gasteiger partial charge on any atom is 0.416 e. The average molecular weight is 436 g/mol. The Hall–Kier alpha value is -4.14. The number of aromatic nitrogens is 4. The third kappa shape index (κ3) is 3.09. The number of pyridine rings is 2. The van der Waals surface area contributed by atoms with Gasteiger partial charge in [-0.15, -0.1) is 0 Å². The minimum atomic E-state index is -4.54. The Morgan fingerprint density at radius 2 is 1.75 bits per heavy atom. The molecule has 0 amide bonds. The van der Waals surface area contributed by atoms with Crippen molar-refractivity contribution >= 4 is 21.9 Å². The molecule has 9 heteroatoms. The lowest BCUT2D eigenvalue weighted by Gasteiger charge is -2.11. The maximum absolute atomic E-state index is 13.3. The van der Waals surface area contributed by atoms with E-state index >= 15 is 0 Å². The molecule has 0 aliphatic carbocycles. The Labute approximate surface area is 178 Å². The second kappa shape index (κ2) is 6.94. The fourth-order valence-corrected chi connectivity index (χ4v) is 3.83. The molecule has 6 nitrogen and oxygen atoms in total. The molecule has 32 heavy (non-hydrogen) atoms. The smallest absolute Gasteiger partial charge is 0.328 e. The van der Waals surface area contributed by atoms with E-state index in [0.29, 0.717) is 21.9 Å². The number of aromatic amines is 1. The van der Waals surface area contributed by atoms with Gasteiger partial charge >= 0.3 is 11.9 Å². The fraction of sp³-hybridized carbons (Fsp3) is 0.0870. The van der Waals surface area contributed by atoms with Gasteiger partial charge in [0.25, 0.3) is 0 Å². The van der Waals surface area contributed by atoms with Gasteiger partial charge in [-0.3, -0.25) is 18.9 Å². The molecular formula is C23H15F3N4O2. The van der Waals surface area contributed by atoms with Crippen molar-refractivity contribution in [3.05, 3.63) is 93.4 Å². The van der Waals surface area contributed by atoms with Crippen LogP contribution in [0.3, 0.4) is 0 Å². The third-order valence-electron chi connectivity index (χ3n) is 5.43. The van der Waals surface area contributed by atoms with Crippen molar-refractivity contribution in [1.82, 2.24) is 19.1 Å². The van der Waals surface area contributed by atoms with Crippen molar-refractivity contribution in [3.8, 4) is 16.8 Å². The number of rotatable bonds is 2. The van der Waals surface area contributed by atoms with Gasteiger partial charge in [0, 0.05) is 24.7 Å². The summed E-state index contributed by atoms with van der Waals surface area (Å²) < 4.78 is 42.5. The van der Waals surface area contributed by atoms with E-state index in [0.717, 1.165) is 23.3 Å². The number of hydrogen-bond acceptors (Lipinski definition) is 3. The van der Waals surface area contributed by atoms with Gasteiger partial charge in [-0.2, -0.15) is 13.2 Å². The van der Waals surface area contributed by atoms with Crippen molar-refractivity contribution in [2.24, 2.45) is 7.05 Å². The molecule has 2 aromatic carbocycles. The SMILES string of the molecule is Cn1c(=O)n(-c2cccc(C(F)(F)F)c2)c2c3cc(-c4ccc(=O)[nH]c4)ccc3ncc21. The first-order valence-corrected chi connectivity index (χ1v) is 9.61. The van der Waals surface area contributed by atoms with Gasteiger partial charge in [0.05, 0.1) is 34.0 Å². The van der Waals surface area contributed by atoms with Crippen molar-refractivity contribution < 1.29 is 13.2 Å². The number of benzene rings is 2. The lowest BCUT2D eigenvalue weighted by molar-refractivity contribution is -0.137. The fourth-order valence-electron chi connectivity index (χ4n) is 3.83. The molecule has 0 radical (unpaired) electrons. The van der Waals surface area contributed by atoms with Crippen LogP contribution in [0.2, 0.25) is 0 Å². The standard InChI is InChI=1S/C23H15F3N4O2/c1-29-19-12-27-18-7-5-13(14-6-8-20(31)28-11-14)9-17(18)21(19)30(22(29)32)16-4-2-3-15(10-16)23(24,25)26/h2-12H,1H3,(H,28,31). The number of nitrogens with zero attached hydrogens (tertiary/aromatic N) is 3. The van der Waals surface area contributed by atoms with Crippen LogP contribution < -0.4 is 11.2 Å². The highest BCUT2D eigenvalue weighted by molar-refractivity contribution is 6.04. The third-order valence-corrected chi connectivity index (χ3v) is 5.43. The summed E-state index contributed by atoms with van der Waals surface area (Å²) in [4.78, 5) is 31.5. The number of H-pyrrole nitrogens is 1. The van der Waals surface area contributed by atoms with E-state index in [1.807, 2.05) is 12.1 Å². The Balaban J connectivity index is 1.85. The van der Waals surface area contributed by atoms with Crippen LogP contribution in [0.1, 0.15) is 5.56 Å². The largest absolute Gasteiger partial charge is 0.416 e. The van der Waals surface area contributed by atoms with Crippen LogP contribution in [-0.4, -0.2) is 19.1 Å². The molecule has 160 valence electrons. The second-order valence-corrected chi connectivity index (χ2v) is 7.39. The maximum atomic E-state index is 13.3. The molecule has 0 unspecified atom stereocenters. The Morgan fingerprint density at radius 3 is 2.47 bits per heavy atom. The summed E-state index contributed by atoms with van der Waals surface area (Å²) in [6, 6.07) is 13.1. The number of fused-ring (bicyclic) bond motifs is 3. The van der Waals surface area contributed by atoms with E-state index < -0.39 is 17.4 Å². The second-order valence-electron chi connectivity index (χ2n) is 7.39. The summed E-state index contributed by atoms with van der Waals surface area (Å²) >= 11 is 0. The number of aryl methyl sites for hydroxylation is 1. The van der Waals surface area contributed by atoms with Crippen LogP contribution in [0.15, 0.2) is 76.6 Å². The lowest BCUT2D eigenvalue weighted by atomic mass is 10.0. The molecule has 0 spiro atoms. The van der Waals surface area contributed by atoms with Gasteiger partial charge in [-0.25, -0.2) is 4.79 Å². The minimum Gasteiger partial charge on any atom is -0.328 e. The van der Waals surface area contributed by atoms with Crippen LogP contribution in [0.4, 0.5) is 13.2 Å². The van der Waals surface area contributed by atoms with Gasteiger partial charge in [0.1, 0.15) is 0 Å². The monoisotopic (exact) mass is 436 g/mol. The Kier molecular flexibility index (Phi) is 4.30. The van der Waals surface area contributed by atoms with Gasteiger partial charge in [-0.05, 0) is 47.5 Å². The molecule has 0 aliphatic heterocycles. The zero-order valence-corrected chi connectivity index (χ0v) is 16.6. The Morgan fingerprint density at radius 1 is 0.969 bits per heavy atom. The van der Waals surface area contributed by atoms with E-state index in [2.05, 4.69) is 9.97 Å². The number of imidazole rings is 1. The highest BCUT2D eigenvalue weighted by Crippen LogP contribution is 2.32.